The van der Waals surface area contributed by atoms with E-state index in [0.717, 1.165) is 0 Å². The molecule has 0 amide bonds. The Kier molecular flexibility index (Phi) is 5.70. The van der Waals surface area contributed by atoms with Crippen LogP contribution in [0.25, 0.3) is 0 Å². The van der Waals surface area contributed by atoms with E-state index in [4.69, 9.17) is 28.4 Å². The third-order valence-electron chi connectivity index (χ3n) is 1.67. The van der Waals surface area contributed by atoms with Crippen molar-refractivity contribution in [3.8, 4) is 0 Å². The van der Waals surface area contributed by atoms with Crippen molar-refractivity contribution in [3.05, 3.63) is 24.3 Å². The second-order valence-corrected chi connectivity index (χ2v) is 6.24. The van der Waals surface area contributed by atoms with Crippen LogP contribution in [0.15, 0.2) is 29.2 Å². The van der Waals surface area contributed by atoms with E-state index in [0.29, 0.717) is 0 Å². The van der Waals surface area contributed by atoms with Gasteiger partial charge in [-0.25, -0.2) is 8.42 Å². The lowest BCUT2D eigenvalue weighted by molar-refractivity contribution is 0.268. The lowest BCUT2D eigenvalue weighted by Gasteiger charge is -2.08. The Balaban J connectivity index is 0.000000494. The van der Waals surface area contributed by atoms with Crippen LogP contribution >= 0.6 is 0 Å². The molecule has 8 nitrogen and oxygen atoms in total. The second kappa shape index (κ2) is 6.11. The van der Waals surface area contributed by atoms with Gasteiger partial charge in [0.05, 0.1) is 10.6 Å². The van der Waals surface area contributed by atoms with E-state index in [1.165, 1.54) is 19.1 Å². The molecule has 0 aromatic heterocycles. The van der Waals surface area contributed by atoms with Crippen molar-refractivity contribution in [2.24, 2.45) is 0 Å². The number of anilines is 1. The molecule has 1 atom stereocenters. The number of aliphatic hydroxyl groups excluding tert-OH is 1. The molecule has 0 saturated carbocycles. The van der Waals surface area contributed by atoms with Crippen LogP contribution in [-0.2, 0) is 20.2 Å². The van der Waals surface area contributed by atoms with Gasteiger partial charge < -0.3 is 10.8 Å². The largest absolute Gasteiger partial charge is 0.398 e. The van der Waals surface area contributed by atoms with Crippen LogP contribution in [0.4, 0.5) is 5.69 Å². The van der Waals surface area contributed by atoms with Gasteiger partial charge in [-0.3, -0.25) is 9.11 Å². The molecular formula is C8H13NO7S2. The monoisotopic (exact) mass is 299 g/mol. The topological polar surface area (TPSA) is 155 Å². The quantitative estimate of drug-likeness (QED) is 0.429. The number of rotatable bonds is 2. The lowest BCUT2D eigenvalue weighted by Crippen LogP contribution is -2.18. The number of hydrogen-bond donors (Lipinski definition) is 4. The van der Waals surface area contributed by atoms with Crippen molar-refractivity contribution >= 4 is 25.9 Å². The molecule has 0 spiro atoms. The fourth-order valence-electron chi connectivity index (χ4n) is 0.923. The van der Waals surface area contributed by atoms with Gasteiger partial charge in [-0.2, -0.15) is 8.42 Å². The molecule has 0 aliphatic carbocycles. The van der Waals surface area contributed by atoms with Crippen molar-refractivity contribution in [1.82, 2.24) is 0 Å². The van der Waals surface area contributed by atoms with Crippen LogP contribution < -0.4 is 5.73 Å². The highest BCUT2D eigenvalue weighted by molar-refractivity contribution is 7.92. The molecule has 0 saturated heterocycles. The van der Waals surface area contributed by atoms with Gasteiger partial charge in [-0.15, -0.1) is 0 Å². The molecule has 1 rings (SSSR count). The smallest absolute Gasteiger partial charge is 0.394 e. The van der Waals surface area contributed by atoms with Crippen molar-refractivity contribution in [2.45, 2.75) is 17.3 Å². The number of sulfone groups is 1. The van der Waals surface area contributed by atoms with Crippen LogP contribution in [0.1, 0.15) is 6.92 Å². The standard InChI is InChI=1S/C8H11NO3S.H2O4S/c1-6(10)13(11,12)8-5-3-2-4-7(8)9;1-5(2,3)4/h2-6,10H,9H2,1H3;(H2,1,2,3,4). The average molecular weight is 299 g/mol. The number of para-hydroxylation sites is 1. The van der Waals surface area contributed by atoms with E-state index in [1.54, 1.807) is 12.1 Å². The molecule has 0 radical (unpaired) electrons. The molecule has 18 heavy (non-hydrogen) atoms. The number of benzene rings is 1. The van der Waals surface area contributed by atoms with Crippen LogP contribution in [-0.4, -0.2) is 36.5 Å². The van der Waals surface area contributed by atoms with Crippen molar-refractivity contribution < 1.29 is 31.0 Å². The molecule has 1 unspecified atom stereocenters. The minimum atomic E-state index is -4.67. The van der Waals surface area contributed by atoms with E-state index in [-0.39, 0.29) is 10.6 Å². The molecule has 1 aromatic carbocycles. The zero-order chi connectivity index (χ0) is 14.6. The fourth-order valence-corrected chi connectivity index (χ4v) is 1.96. The van der Waals surface area contributed by atoms with Gasteiger partial charge in [0, 0.05) is 0 Å². The third-order valence-corrected chi connectivity index (χ3v) is 3.56. The number of hydrogen-bond acceptors (Lipinski definition) is 6. The van der Waals surface area contributed by atoms with Gasteiger partial charge in [0.15, 0.2) is 5.44 Å². The molecule has 5 N–H and O–H groups in total. The van der Waals surface area contributed by atoms with Gasteiger partial charge in [0.2, 0.25) is 9.84 Å². The maximum absolute atomic E-state index is 11.4. The van der Waals surface area contributed by atoms with Crippen LogP contribution in [0.5, 0.6) is 0 Å². The number of nitrogen functional groups attached to an aromatic ring is 1. The zero-order valence-electron chi connectivity index (χ0n) is 9.26. The molecule has 0 bridgehead atoms. The zero-order valence-corrected chi connectivity index (χ0v) is 10.9. The molecule has 1 aromatic rings. The first-order valence-electron chi connectivity index (χ1n) is 4.42. The van der Waals surface area contributed by atoms with Crippen LogP contribution in [0, 0.1) is 0 Å². The summed E-state index contributed by atoms with van der Waals surface area (Å²) in [5, 5.41) is 9.01. The molecule has 0 aliphatic rings. The average Bonchev–Trinajstić information content (AvgIpc) is 2.15. The Bertz CT molecular complexity index is 584. The Morgan fingerprint density at radius 1 is 1.11 bits per heavy atom. The van der Waals surface area contributed by atoms with E-state index >= 15 is 0 Å². The van der Waals surface area contributed by atoms with Gasteiger partial charge in [-0.05, 0) is 19.1 Å². The Morgan fingerprint density at radius 3 is 1.83 bits per heavy atom. The van der Waals surface area contributed by atoms with Crippen molar-refractivity contribution in [2.75, 3.05) is 5.73 Å². The summed E-state index contributed by atoms with van der Waals surface area (Å²) in [4.78, 5) is -0.0231. The number of nitrogens with two attached hydrogens (primary N) is 1. The Morgan fingerprint density at radius 2 is 1.50 bits per heavy atom. The minimum Gasteiger partial charge on any atom is -0.398 e. The maximum Gasteiger partial charge on any atom is 0.394 e. The van der Waals surface area contributed by atoms with E-state index in [2.05, 4.69) is 0 Å². The highest BCUT2D eigenvalue weighted by Crippen LogP contribution is 2.20. The fraction of sp³-hybridized carbons (Fsp3) is 0.250. The van der Waals surface area contributed by atoms with Gasteiger partial charge in [0.25, 0.3) is 0 Å². The van der Waals surface area contributed by atoms with Crippen LogP contribution in [0.2, 0.25) is 0 Å². The lowest BCUT2D eigenvalue weighted by atomic mass is 10.3. The second-order valence-electron chi connectivity index (χ2n) is 3.13. The highest BCUT2D eigenvalue weighted by Gasteiger charge is 2.22. The first-order chi connectivity index (χ1) is 7.96. The van der Waals surface area contributed by atoms with Gasteiger partial charge in [0.1, 0.15) is 0 Å². The summed E-state index contributed by atoms with van der Waals surface area (Å²) in [6.07, 6.45) is 0. The third kappa shape index (κ3) is 5.93. The Hall–Kier alpha value is -1.20. The summed E-state index contributed by atoms with van der Waals surface area (Å²) < 4.78 is 54.4. The summed E-state index contributed by atoms with van der Waals surface area (Å²) in [6, 6.07) is 6.05. The maximum atomic E-state index is 11.4. The van der Waals surface area contributed by atoms with E-state index in [9.17, 15) is 8.42 Å². The molecule has 0 aliphatic heterocycles. The normalized spacial score (nSPS) is 13.3. The minimum absolute atomic E-state index is 0.0231. The van der Waals surface area contributed by atoms with Crippen molar-refractivity contribution in [3.63, 3.8) is 0 Å². The first kappa shape index (κ1) is 16.8. The summed E-state index contributed by atoms with van der Waals surface area (Å²) in [7, 11) is -8.34. The van der Waals surface area contributed by atoms with E-state index < -0.39 is 25.7 Å². The molecule has 0 fully saturated rings. The summed E-state index contributed by atoms with van der Waals surface area (Å²) in [6.45, 7) is 1.20. The highest BCUT2D eigenvalue weighted by atomic mass is 32.3. The van der Waals surface area contributed by atoms with Gasteiger partial charge in [-0.1, -0.05) is 12.1 Å². The summed E-state index contributed by atoms with van der Waals surface area (Å²) in [5.41, 5.74) is 4.18. The van der Waals surface area contributed by atoms with E-state index in [1.807, 2.05) is 0 Å². The predicted octanol–water partition coefficient (Wildman–Crippen LogP) is -0.272. The predicted molar refractivity (Wildman–Crippen MR) is 63.9 cm³/mol. The SMILES string of the molecule is CC(O)S(=O)(=O)c1ccccc1N.O=S(=O)(O)O. The first-order valence-corrected chi connectivity index (χ1v) is 7.37. The van der Waals surface area contributed by atoms with Gasteiger partial charge >= 0.3 is 10.4 Å². The Labute approximate surface area is 105 Å². The molecular weight excluding hydrogens is 286 g/mol. The summed E-state index contributed by atoms with van der Waals surface area (Å²) >= 11 is 0. The summed E-state index contributed by atoms with van der Waals surface area (Å²) in [5.74, 6) is 0. The van der Waals surface area contributed by atoms with Crippen LogP contribution in [0.3, 0.4) is 0 Å². The molecule has 104 valence electrons. The molecule has 0 heterocycles. The van der Waals surface area contributed by atoms with Crippen molar-refractivity contribution in [1.29, 1.82) is 0 Å². The number of aliphatic hydroxyl groups is 1. The molecule has 10 heteroatoms.